The predicted octanol–water partition coefficient (Wildman–Crippen LogP) is 3.31. The maximum Gasteiger partial charge on any atom is 0.336 e. The molecule has 6 nitrogen and oxygen atoms in total. The minimum absolute atomic E-state index is 0.183. The number of thiophene rings is 1. The van der Waals surface area contributed by atoms with Gasteiger partial charge in [-0.05, 0) is 55.5 Å². The van der Waals surface area contributed by atoms with E-state index in [0.29, 0.717) is 23.3 Å². The smallest absolute Gasteiger partial charge is 0.336 e. The molecule has 1 aliphatic carbocycles. The number of Topliss-reactive ketones (excluding diaryl/α,β-unsaturated/α-hetero) is 1. The van der Waals surface area contributed by atoms with Crippen LogP contribution in [0.1, 0.15) is 45.6 Å². The number of carbonyl (C=O) groups excluding carboxylic acids is 3. The predicted molar refractivity (Wildman–Crippen MR) is 105 cm³/mol. The average molecular weight is 404 g/mol. The zero-order valence-corrected chi connectivity index (χ0v) is 17.4. The van der Waals surface area contributed by atoms with E-state index in [-0.39, 0.29) is 24.9 Å². The standard InChI is InChI=1S/C21H25NO5S/c1-5-26-20(24)15-11(3)9-14-18(19(15)23)17(13-7-8-28-10-13)16(12(4)22-14)21(25)27-6-2/h7-8,10-11,15,17,22H,5-6,9H2,1-4H3. The zero-order chi connectivity index (χ0) is 20.4. The summed E-state index contributed by atoms with van der Waals surface area (Å²) in [6, 6.07) is 1.91. The third-order valence-corrected chi connectivity index (χ3v) is 5.90. The van der Waals surface area contributed by atoms with E-state index in [1.165, 1.54) is 11.3 Å². The van der Waals surface area contributed by atoms with Crippen LogP contribution in [0.4, 0.5) is 0 Å². The molecule has 1 N–H and O–H groups in total. The molecular weight excluding hydrogens is 378 g/mol. The third kappa shape index (κ3) is 3.51. The molecule has 28 heavy (non-hydrogen) atoms. The first-order valence-electron chi connectivity index (χ1n) is 9.51. The quantitative estimate of drug-likeness (QED) is 0.600. The summed E-state index contributed by atoms with van der Waals surface area (Å²) in [5.41, 5.74) is 3.21. The zero-order valence-electron chi connectivity index (χ0n) is 16.5. The molecule has 150 valence electrons. The van der Waals surface area contributed by atoms with Crippen LogP contribution in [0.3, 0.4) is 0 Å². The van der Waals surface area contributed by atoms with Gasteiger partial charge in [-0.1, -0.05) is 6.92 Å². The molecule has 0 fully saturated rings. The van der Waals surface area contributed by atoms with Crippen LogP contribution in [0, 0.1) is 11.8 Å². The molecule has 3 unspecified atom stereocenters. The molecule has 1 aromatic rings. The van der Waals surface area contributed by atoms with Gasteiger partial charge in [-0.25, -0.2) is 4.79 Å². The van der Waals surface area contributed by atoms with Gasteiger partial charge in [-0.3, -0.25) is 9.59 Å². The maximum atomic E-state index is 13.5. The molecule has 2 heterocycles. The lowest BCUT2D eigenvalue weighted by Crippen LogP contribution is -2.43. The highest BCUT2D eigenvalue weighted by molar-refractivity contribution is 7.08. The van der Waals surface area contributed by atoms with Crippen molar-refractivity contribution in [2.75, 3.05) is 13.2 Å². The minimum Gasteiger partial charge on any atom is -0.465 e. The number of esters is 2. The number of nitrogens with one attached hydrogen (secondary N) is 1. The fraction of sp³-hybridized carbons (Fsp3) is 0.476. The Morgan fingerprint density at radius 3 is 2.57 bits per heavy atom. The molecule has 0 bridgehead atoms. The first-order chi connectivity index (χ1) is 13.4. The summed E-state index contributed by atoms with van der Waals surface area (Å²) >= 11 is 1.50. The SMILES string of the molecule is CCOC(=O)C1=C(C)NC2=C(C(=O)C(C(=O)OCC)C(C)C2)C1c1ccsc1. The van der Waals surface area contributed by atoms with Crippen molar-refractivity contribution in [2.45, 2.75) is 40.0 Å². The Kier molecular flexibility index (Phi) is 6.03. The molecule has 1 aromatic heterocycles. The number of ketones is 1. The van der Waals surface area contributed by atoms with E-state index in [0.717, 1.165) is 11.3 Å². The number of hydrogen-bond donors (Lipinski definition) is 1. The minimum atomic E-state index is -0.858. The molecule has 3 atom stereocenters. The molecule has 1 aliphatic heterocycles. The van der Waals surface area contributed by atoms with Crippen LogP contribution < -0.4 is 5.32 Å². The summed E-state index contributed by atoms with van der Waals surface area (Å²) in [7, 11) is 0. The molecule has 3 rings (SSSR count). The summed E-state index contributed by atoms with van der Waals surface area (Å²) in [6.07, 6.45) is 0.540. The lowest BCUT2D eigenvalue weighted by atomic mass is 9.69. The van der Waals surface area contributed by atoms with E-state index < -0.39 is 23.8 Å². The Bertz CT molecular complexity index is 852. The summed E-state index contributed by atoms with van der Waals surface area (Å²) in [4.78, 5) is 38.7. The second-order valence-corrected chi connectivity index (χ2v) is 7.82. The van der Waals surface area contributed by atoms with E-state index in [2.05, 4.69) is 5.32 Å². The first-order valence-corrected chi connectivity index (χ1v) is 10.5. The van der Waals surface area contributed by atoms with E-state index in [1.54, 1.807) is 13.8 Å². The summed E-state index contributed by atoms with van der Waals surface area (Å²) in [5.74, 6) is -2.81. The fourth-order valence-electron chi connectivity index (χ4n) is 4.04. The monoisotopic (exact) mass is 403 g/mol. The number of dihydropyridines is 1. The van der Waals surface area contributed by atoms with Gasteiger partial charge in [0.15, 0.2) is 5.78 Å². The lowest BCUT2D eigenvalue weighted by molar-refractivity contribution is -0.153. The highest BCUT2D eigenvalue weighted by Gasteiger charge is 2.47. The Labute approximate surface area is 168 Å². The number of allylic oxidation sites excluding steroid dienone is 3. The topological polar surface area (TPSA) is 81.7 Å². The molecule has 2 aliphatic rings. The summed E-state index contributed by atoms with van der Waals surface area (Å²) in [5, 5.41) is 7.08. The molecular formula is C21H25NO5S. The molecule has 0 saturated carbocycles. The Balaban J connectivity index is 2.11. The Morgan fingerprint density at radius 2 is 1.96 bits per heavy atom. The van der Waals surface area contributed by atoms with E-state index in [1.807, 2.05) is 30.7 Å². The van der Waals surface area contributed by atoms with Gasteiger partial charge in [0.2, 0.25) is 0 Å². The van der Waals surface area contributed by atoms with Gasteiger partial charge in [0.1, 0.15) is 5.92 Å². The van der Waals surface area contributed by atoms with Crippen LogP contribution in [0.25, 0.3) is 0 Å². The van der Waals surface area contributed by atoms with E-state index in [4.69, 9.17) is 9.47 Å². The highest BCUT2D eigenvalue weighted by Crippen LogP contribution is 2.45. The fourth-order valence-corrected chi connectivity index (χ4v) is 4.72. The van der Waals surface area contributed by atoms with E-state index >= 15 is 0 Å². The van der Waals surface area contributed by atoms with Crippen molar-refractivity contribution in [1.82, 2.24) is 5.32 Å². The van der Waals surface area contributed by atoms with Crippen molar-refractivity contribution in [3.63, 3.8) is 0 Å². The van der Waals surface area contributed by atoms with Crippen molar-refractivity contribution in [2.24, 2.45) is 11.8 Å². The number of rotatable bonds is 5. The largest absolute Gasteiger partial charge is 0.465 e. The van der Waals surface area contributed by atoms with Crippen LogP contribution in [0.15, 0.2) is 39.4 Å². The van der Waals surface area contributed by atoms with E-state index in [9.17, 15) is 14.4 Å². The second kappa shape index (κ2) is 8.31. The van der Waals surface area contributed by atoms with Gasteiger partial charge in [0.25, 0.3) is 0 Å². The molecule has 0 aromatic carbocycles. The Morgan fingerprint density at radius 1 is 1.25 bits per heavy atom. The normalized spacial score (nSPS) is 24.6. The van der Waals surface area contributed by atoms with Gasteiger partial charge in [0.05, 0.1) is 18.8 Å². The average Bonchev–Trinajstić information content (AvgIpc) is 3.15. The van der Waals surface area contributed by atoms with Crippen LogP contribution in [-0.2, 0) is 23.9 Å². The maximum absolute atomic E-state index is 13.5. The van der Waals surface area contributed by atoms with Gasteiger partial charge < -0.3 is 14.8 Å². The molecule has 0 saturated heterocycles. The van der Waals surface area contributed by atoms with Gasteiger partial charge in [-0.15, -0.1) is 0 Å². The molecule has 0 amide bonds. The van der Waals surface area contributed by atoms with Crippen molar-refractivity contribution in [1.29, 1.82) is 0 Å². The van der Waals surface area contributed by atoms with Crippen LogP contribution in [-0.4, -0.2) is 30.9 Å². The van der Waals surface area contributed by atoms with Crippen LogP contribution >= 0.6 is 11.3 Å². The first kappa shape index (κ1) is 20.3. The summed E-state index contributed by atoms with van der Waals surface area (Å²) in [6.45, 7) is 7.64. The molecule has 0 spiro atoms. The van der Waals surface area contributed by atoms with Crippen molar-refractivity contribution in [3.05, 3.63) is 44.9 Å². The Hall–Kier alpha value is -2.41. The van der Waals surface area contributed by atoms with Crippen molar-refractivity contribution >= 4 is 29.1 Å². The van der Waals surface area contributed by atoms with Gasteiger partial charge in [-0.2, -0.15) is 11.3 Å². The third-order valence-electron chi connectivity index (χ3n) is 5.20. The van der Waals surface area contributed by atoms with Crippen molar-refractivity contribution < 1.29 is 23.9 Å². The van der Waals surface area contributed by atoms with Crippen LogP contribution in [0.2, 0.25) is 0 Å². The lowest BCUT2D eigenvalue weighted by Gasteiger charge is -2.38. The second-order valence-electron chi connectivity index (χ2n) is 7.04. The molecule has 0 radical (unpaired) electrons. The van der Waals surface area contributed by atoms with Crippen LogP contribution in [0.5, 0.6) is 0 Å². The number of ether oxygens (including phenoxy) is 2. The molecule has 7 heteroatoms. The van der Waals surface area contributed by atoms with Crippen molar-refractivity contribution in [3.8, 4) is 0 Å². The highest BCUT2D eigenvalue weighted by atomic mass is 32.1. The van der Waals surface area contributed by atoms with Gasteiger partial charge >= 0.3 is 11.9 Å². The van der Waals surface area contributed by atoms with Gasteiger partial charge in [0, 0.05) is 22.9 Å². The summed E-state index contributed by atoms with van der Waals surface area (Å²) < 4.78 is 10.4. The number of carbonyl (C=O) groups is 3. The number of hydrogen-bond acceptors (Lipinski definition) is 7.